The standard InChI is InChI=1S/C66H58N4/c1-39-17-11-21-43(33-39)67(44-22-12-18-40(2)34-44)55-31-29-47-51-37-58-52(38-57(51)69-61-49(59(55)63(47)69)25-15-27-53(61)65(5,6)7)48-30-32-56(60-50-26-16-28-54(66(8,9)10)62(50)70(58)64(48)60)68(45-23-13-19-41(3)35-45)46-24-14-20-42(4)36-46/h11-38H,1-10H3. The average molecular weight is 907 g/mol. The van der Waals surface area contributed by atoms with E-state index in [-0.39, 0.29) is 10.8 Å². The highest BCUT2D eigenvalue weighted by Gasteiger charge is 2.31. The van der Waals surface area contributed by atoms with Gasteiger partial charge in [-0.15, -0.1) is 0 Å². The third-order valence-electron chi connectivity index (χ3n) is 15.1. The maximum absolute atomic E-state index is 2.64. The van der Waals surface area contributed by atoms with Crippen LogP contribution in [0.3, 0.4) is 0 Å². The molecule has 4 aromatic heterocycles. The van der Waals surface area contributed by atoms with Crippen molar-refractivity contribution in [3.63, 3.8) is 0 Å². The van der Waals surface area contributed by atoms with Crippen molar-refractivity contribution in [2.24, 2.45) is 0 Å². The van der Waals surface area contributed by atoms with Gasteiger partial charge in [-0.05, 0) is 145 Å². The van der Waals surface area contributed by atoms with Crippen LogP contribution in [0.25, 0.3) is 76.2 Å². The van der Waals surface area contributed by atoms with Crippen LogP contribution >= 0.6 is 0 Å². The van der Waals surface area contributed by atoms with E-state index in [4.69, 9.17) is 0 Å². The lowest BCUT2D eigenvalue weighted by molar-refractivity contribution is 0.594. The molecule has 0 aliphatic heterocycles. The third kappa shape index (κ3) is 6.08. The van der Waals surface area contributed by atoms with Crippen LogP contribution in [0.1, 0.15) is 74.9 Å². The quantitative estimate of drug-likeness (QED) is 0.165. The van der Waals surface area contributed by atoms with Crippen molar-refractivity contribution in [1.29, 1.82) is 0 Å². The van der Waals surface area contributed by atoms with Crippen molar-refractivity contribution in [1.82, 2.24) is 8.80 Å². The maximum Gasteiger partial charge on any atom is 0.0641 e. The molecule has 0 radical (unpaired) electrons. The molecule has 4 nitrogen and oxygen atoms in total. The Hall–Kier alpha value is -7.82. The van der Waals surface area contributed by atoms with Gasteiger partial charge in [0.1, 0.15) is 0 Å². The second kappa shape index (κ2) is 14.8. The maximum atomic E-state index is 2.64. The van der Waals surface area contributed by atoms with Crippen molar-refractivity contribution in [3.8, 4) is 0 Å². The van der Waals surface area contributed by atoms with Crippen LogP contribution < -0.4 is 9.80 Å². The molecule has 0 amide bonds. The fraction of sp³-hybridized carbons (Fsp3) is 0.182. The molecule has 0 atom stereocenters. The predicted octanol–water partition coefficient (Wildman–Crippen LogP) is 18.8. The normalized spacial score (nSPS) is 12.7. The smallest absolute Gasteiger partial charge is 0.0641 e. The lowest BCUT2D eigenvalue weighted by Gasteiger charge is -2.27. The fourth-order valence-corrected chi connectivity index (χ4v) is 12.2. The number of anilines is 6. The van der Waals surface area contributed by atoms with E-state index in [1.54, 1.807) is 0 Å². The van der Waals surface area contributed by atoms with Crippen molar-refractivity contribution < 1.29 is 0 Å². The molecule has 0 unspecified atom stereocenters. The lowest BCUT2D eigenvalue weighted by atomic mass is 9.85. The van der Waals surface area contributed by atoms with Gasteiger partial charge in [-0.1, -0.05) is 139 Å². The average Bonchev–Trinajstić information content (AvgIpc) is 4.05. The summed E-state index contributed by atoms with van der Waals surface area (Å²) in [6, 6.07) is 64.5. The minimum Gasteiger partial charge on any atom is -0.310 e. The zero-order chi connectivity index (χ0) is 48.1. The molecule has 342 valence electrons. The molecule has 0 N–H and O–H groups in total. The monoisotopic (exact) mass is 906 g/mol. The number of aryl methyl sites for hydroxylation is 4. The molecule has 0 saturated carbocycles. The van der Waals surface area contributed by atoms with E-state index >= 15 is 0 Å². The Morgan fingerprint density at radius 2 is 0.643 bits per heavy atom. The molecular weight excluding hydrogens is 849 g/mol. The Bertz CT molecular complexity index is 3890. The number of nitrogens with zero attached hydrogens (tertiary/aromatic N) is 4. The first-order chi connectivity index (χ1) is 33.7. The fourth-order valence-electron chi connectivity index (χ4n) is 12.2. The van der Waals surface area contributed by atoms with Crippen LogP contribution in [0.15, 0.2) is 170 Å². The zero-order valence-corrected chi connectivity index (χ0v) is 42.0. The summed E-state index contributed by atoms with van der Waals surface area (Å²) in [5.74, 6) is 0. The highest BCUT2D eigenvalue weighted by molar-refractivity contribution is 6.32. The summed E-state index contributed by atoms with van der Waals surface area (Å²) in [6.07, 6.45) is 0. The summed E-state index contributed by atoms with van der Waals surface area (Å²) >= 11 is 0. The highest BCUT2D eigenvalue weighted by Crippen LogP contribution is 2.53. The van der Waals surface area contributed by atoms with Crippen LogP contribution in [0.4, 0.5) is 34.1 Å². The van der Waals surface area contributed by atoms with Crippen LogP contribution in [0.5, 0.6) is 0 Å². The largest absolute Gasteiger partial charge is 0.310 e. The number of hydrogen-bond acceptors (Lipinski definition) is 2. The summed E-state index contributed by atoms with van der Waals surface area (Å²) < 4.78 is 5.28. The Morgan fingerprint density at radius 1 is 0.314 bits per heavy atom. The molecule has 9 aromatic carbocycles. The van der Waals surface area contributed by atoms with Crippen LogP contribution in [0.2, 0.25) is 0 Å². The van der Waals surface area contributed by atoms with Gasteiger partial charge in [0.25, 0.3) is 0 Å². The minimum atomic E-state index is -0.108. The third-order valence-corrected chi connectivity index (χ3v) is 15.1. The first-order valence-corrected chi connectivity index (χ1v) is 24.9. The van der Waals surface area contributed by atoms with E-state index in [9.17, 15) is 0 Å². The molecule has 0 spiro atoms. The summed E-state index contributed by atoms with van der Waals surface area (Å²) in [6.45, 7) is 22.9. The summed E-state index contributed by atoms with van der Waals surface area (Å²) in [5.41, 5.74) is 22.0. The number of aromatic nitrogens is 2. The molecule has 4 heteroatoms. The van der Waals surface area contributed by atoms with E-state index in [0.29, 0.717) is 0 Å². The van der Waals surface area contributed by atoms with Gasteiger partial charge in [-0.3, -0.25) is 0 Å². The van der Waals surface area contributed by atoms with Crippen molar-refractivity contribution >= 4 is 110 Å². The van der Waals surface area contributed by atoms with E-state index in [2.05, 4.69) is 258 Å². The van der Waals surface area contributed by atoms with Gasteiger partial charge in [-0.25, -0.2) is 0 Å². The van der Waals surface area contributed by atoms with Gasteiger partial charge < -0.3 is 18.6 Å². The van der Waals surface area contributed by atoms with Gasteiger partial charge in [0, 0.05) is 65.8 Å². The van der Waals surface area contributed by atoms with E-state index < -0.39 is 0 Å². The Labute approximate surface area is 410 Å². The predicted molar refractivity (Wildman–Crippen MR) is 301 cm³/mol. The van der Waals surface area contributed by atoms with Crippen molar-refractivity contribution in [3.05, 3.63) is 203 Å². The molecule has 0 fully saturated rings. The number of rotatable bonds is 6. The molecule has 0 aliphatic rings. The molecular formula is C66H58N4. The van der Waals surface area contributed by atoms with E-state index in [1.165, 1.54) is 121 Å². The Balaban J connectivity index is 1.19. The van der Waals surface area contributed by atoms with Crippen LogP contribution in [-0.4, -0.2) is 8.80 Å². The number of para-hydroxylation sites is 2. The van der Waals surface area contributed by atoms with Gasteiger partial charge in [-0.2, -0.15) is 0 Å². The Kier molecular flexibility index (Phi) is 8.97. The van der Waals surface area contributed by atoms with Gasteiger partial charge in [0.15, 0.2) is 0 Å². The first kappa shape index (κ1) is 42.3. The van der Waals surface area contributed by atoms with Gasteiger partial charge in [0.05, 0.1) is 44.5 Å². The summed E-state index contributed by atoms with van der Waals surface area (Å²) in [5, 5.41) is 10.2. The van der Waals surface area contributed by atoms with Crippen molar-refractivity contribution in [2.75, 3.05) is 9.80 Å². The van der Waals surface area contributed by atoms with Crippen molar-refractivity contribution in [2.45, 2.75) is 80.1 Å². The number of benzene rings is 9. The second-order valence-electron chi connectivity index (χ2n) is 22.2. The van der Waals surface area contributed by atoms with E-state index in [0.717, 1.165) is 22.7 Å². The van der Waals surface area contributed by atoms with Crippen LogP contribution in [0, 0.1) is 27.7 Å². The molecule has 0 bridgehead atoms. The molecule has 0 aliphatic carbocycles. The van der Waals surface area contributed by atoms with Crippen LogP contribution in [-0.2, 0) is 10.8 Å². The topological polar surface area (TPSA) is 15.3 Å². The lowest BCUT2D eigenvalue weighted by Crippen LogP contribution is -2.12. The highest BCUT2D eigenvalue weighted by atomic mass is 15.2. The minimum absolute atomic E-state index is 0.108. The summed E-state index contributed by atoms with van der Waals surface area (Å²) in [7, 11) is 0. The van der Waals surface area contributed by atoms with Gasteiger partial charge in [0.2, 0.25) is 0 Å². The molecule has 13 aromatic rings. The SMILES string of the molecule is Cc1cccc(N(c2cccc(C)c2)c2ccc3c4cc5c(cc4n4c6c(C(C)(C)C)cccc6c2c34)c2ccc(N(c3cccc(C)c3)c3cccc(C)c3)c3c4cccc(C(C)(C)C)c4n5c23)c1. The second-order valence-corrected chi connectivity index (χ2v) is 22.2. The molecule has 13 rings (SSSR count). The number of fused-ring (bicyclic) bond motifs is 12. The first-order valence-electron chi connectivity index (χ1n) is 24.9. The molecule has 0 saturated heterocycles. The molecule has 70 heavy (non-hydrogen) atoms. The summed E-state index contributed by atoms with van der Waals surface area (Å²) in [4.78, 5) is 4.97. The Morgan fingerprint density at radius 3 is 0.957 bits per heavy atom. The number of hydrogen-bond donors (Lipinski definition) is 0. The molecule has 4 heterocycles. The van der Waals surface area contributed by atoms with Gasteiger partial charge >= 0.3 is 0 Å². The zero-order valence-electron chi connectivity index (χ0n) is 42.0. The van der Waals surface area contributed by atoms with E-state index in [1.807, 2.05) is 0 Å².